The summed E-state index contributed by atoms with van der Waals surface area (Å²) in [6, 6.07) is 6.51. The molecule has 30 heavy (non-hydrogen) atoms. The Bertz CT molecular complexity index is 681. The van der Waals surface area contributed by atoms with E-state index in [2.05, 4.69) is 26.2 Å². The molecule has 0 unspecified atom stereocenters. The predicted molar refractivity (Wildman–Crippen MR) is 129 cm³/mol. The van der Waals surface area contributed by atoms with Gasteiger partial charge in [0.1, 0.15) is 5.82 Å². The molecular formula is C26H41FN2O. The first kappa shape index (κ1) is 27.7. The summed E-state index contributed by atoms with van der Waals surface area (Å²) < 4.78 is 18.8. The lowest BCUT2D eigenvalue weighted by Crippen LogP contribution is -2.28. The summed E-state index contributed by atoms with van der Waals surface area (Å²) in [5, 5.41) is 0. The quantitative estimate of drug-likeness (QED) is 0.505. The summed E-state index contributed by atoms with van der Waals surface area (Å²) in [7, 11) is 0. The van der Waals surface area contributed by atoms with Gasteiger partial charge in [0.2, 0.25) is 0 Å². The van der Waals surface area contributed by atoms with Crippen molar-refractivity contribution in [2.24, 2.45) is 16.9 Å². The van der Waals surface area contributed by atoms with Gasteiger partial charge >= 0.3 is 0 Å². The van der Waals surface area contributed by atoms with Gasteiger partial charge in [0.25, 0.3) is 0 Å². The van der Waals surface area contributed by atoms with Gasteiger partial charge in [0.05, 0.1) is 0 Å². The van der Waals surface area contributed by atoms with Gasteiger partial charge in [-0.05, 0) is 62.4 Å². The van der Waals surface area contributed by atoms with Gasteiger partial charge in [0, 0.05) is 24.5 Å². The Morgan fingerprint density at radius 1 is 1.20 bits per heavy atom. The number of rotatable bonds is 6. The molecule has 1 aliphatic heterocycles. The number of benzene rings is 1. The Labute approximate surface area is 183 Å². The molecule has 3 nitrogen and oxygen atoms in total. The molecule has 1 saturated heterocycles. The van der Waals surface area contributed by atoms with Crippen molar-refractivity contribution in [3.05, 3.63) is 78.3 Å². The van der Waals surface area contributed by atoms with E-state index in [0.29, 0.717) is 16.7 Å². The van der Waals surface area contributed by atoms with E-state index in [9.17, 15) is 4.39 Å². The molecule has 168 valence electrons. The Kier molecular flexibility index (Phi) is 15.2. The number of halogens is 1. The summed E-state index contributed by atoms with van der Waals surface area (Å²) in [5.41, 5.74) is 12.9. The van der Waals surface area contributed by atoms with Crippen molar-refractivity contribution >= 4 is 5.70 Å². The number of hydrogen-bond acceptors (Lipinski definition) is 3. The molecule has 1 heterocycles. The molecular weight excluding hydrogens is 375 g/mol. The highest BCUT2D eigenvalue weighted by atomic mass is 19.1. The van der Waals surface area contributed by atoms with E-state index in [0.717, 1.165) is 18.8 Å². The molecule has 2 rings (SSSR count). The van der Waals surface area contributed by atoms with Crippen LogP contribution in [0.3, 0.4) is 0 Å². The normalized spacial score (nSPS) is 16.2. The maximum absolute atomic E-state index is 13.4. The minimum Gasteiger partial charge on any atom is -0.405 e. The number of nitrogens with two attached hydrogens (primary N) is 2. The van der Waals surface area contributed by atoms with Crippen LogP contribution >= 0.6 is 0 Å². The maximum Gasteiger partial charge on any atom is 0.132 e. The summed E-state index contributed by atoms with van der Waals surface area (Å²) in [5.74, 6) is -0.293. The zero-order valence-electron chi connectivity index (χ0n) is 19.3. The minimum absolute atomic E-state index is 0.293. The molecule has 1 aliphatic rings. The van der Waals surface area contributed by atoms with Crippen molar-refractivity contribution in [2.75, 3.05) is 13.2 Å². The average molecular weight is 417 g/mol. The highest BCUT2D eigenvalue weighted by molar-refractivity contribution is 5.68. The standard InChI is InChI=1S/C14H16FN.C10H20O.C2H5N/c1-3-4-5-8-11(2)14(16)12-9-6-7-10-13(12)15;1-3-5-10(4-2)6-8-11-9-7-10;1-2-3/h3-10H,16H2,1-2H3;3-9H2,1-2H3;2H,1,3H2/b4-3-,8-5-,14-11+;;. The molecule has 0 saturated carbocycles. The summed E-state index contributed by atoms with van der Waals surface area (Å²) >= 11 is 0. The topological polar surface area (TPSA) is 61.3 Å². The van der Waals surface area contributed by atoms with Gasteiger partial charge in [-0.3, -0.25) is 0 Å². The van der Waals surface area contributed by atoms with E-state index in [1.54, 1.807) is 18.2 Å². The molecule has 0 aliphatic carbocycles. The van der Waals surface area contributed by atoms with Crippen LogP contribution in [0.4, 0.5) is 4.39 Å². The molecule has 0 bridgehead atoms. The highest BCUT2D eigenvalue weighted by Gasteiger charge is 2.29. The molecule has 0 atom stereocenters. The van der Waals surface area contributed by atoms with Crippen LogP contribution in [0, 0.1) is 11.2 Å². The van der Waals surface area contributed by atoms with Crippen molar-refractivity contribution in [1.82, 2.24) is 0 Å². The van der Waals surface area contributed by atoms with Gasteiger partial charge in [0.15, 0.2) is 0 Å². The fourth-order valence-corrected chi connectivity index (χ4v) is 3.41. The third-order valence-corrected chi connectivity index (χ3v) is 5.32. The zero-order chi connectivity index (χ0) is 22.8. The zero-order valence-corrected chi connectivity index (χ0v) is 19.3. The Balaban J connectivity index is 0.000000521. The maximum atomic E-state index is 13.4. The SMILES string of the molecule is C=CN.CCCC1(CC)CCOCC1.C\C=C/C=C\C(C)=C(\N)c1ccccc1F. The Morgan fingerprint density at radius 3 is 2.30 bits per heavy atom. The molecule has 0 radical (unpaired) electrons. The van der Waals surface area contributed by atoms with E-state index < -0.39 is 0 Å². The first-order valence-corrected chi connectivity index (χ1v) is 10.8. The third kappa shape index (κ3) is 10.4. The first-order chi connectivity index (χ1) is 14.4. The van der Waals surface area contributed by atoms with Crippen LogP contribution in [0.25, 0.3) is 5.70 Å². The summed E-state index contributed by atoms with van der Waals surface area (Å²) in [6.07, 6.45) is 15.4. The van der Waals surface area contributed by atoms with Crippen LogP contribution in [-0.4, -0.2) is 13.2 Å². The lowest BCUT2D eigenvalue weighted by molar-refractivity contribution is 0.00770. The van der Waals surface area contributed by atoms with Gasteiger partial charge in [-0.2, -0.15) is 0 Å². The van der Waals surface area contributed by atoms with Crippen LogP contribution in [0.1, 0.15) is 65.4 Å². The lowest BCUT2D eigenvalue weighted by Gasteiger charge is -2.36. The Morgan fingerprint density at radius 2 is 1.80 bits per heavy atom. The average Bonchev–Trinajstić information content (AvgIpc) is 2.75. The molecule has 4 N–H and O–H groups in total. The number of ether oxygens (including phenoxy) is 1. The number of allylic oxidation sites excluding steroid dienone is 5. The second-order valence-corrected chi connectivity index (χ2v) is 7.41. The van der Waals surface area contributed by atoms with E-state index in [1.807, 2.05) is 38.2 Å². The van der Waals surface area contributed by atoms with E-state index >= 15 is 0 Å². The van der Waals surface area contributed by atoms with Crippen molar-refractivity contribution in [2.45, 2.75) is 59.8 Å². The monoisotopic (exact) mass is 416 g/mol. The van der Waals surface area contributed by atoms with Gasteiger partial charge in [-0.25, -0.2) is 4.39 Å². The highest BCUT2D eigenvalue weighted by Crippen LogP contribution is 2.38. The van der Waals surface area contributed by atoms with Crippen LogP contribution < -0.4 is 11.5 Å². The Hall–Kier alpha value is -2.33. The van der Waals surface area contributed by atoms with Crippen LogP contribution in [-0.2, 0) is 4.74 Å². The smallest absolute Gasteiger partial charge is 0.132 e. The largest absolute Gasteiger partial charge is 0.405 e. The lowest BCUT2D eigenvalue weighted by atomic mass is 9.74. The van der Waals surface area contributed by atoms with Crippen molar-refractivity contribution in [1.29, 1.82) is 0 Å². The summed E-state index contributed by atoms with van der Waals surface area (Å²) in [6.45, 7) is 13.5. The molecule has 1 aromatic carbocycles. The second-order valence-electron chi connectivity index (χ2n) is 7.41. The molecule has 0 aromatic heterocycles. The fourth-order valence-electron chi connectivity index (χ4n) is 3.41. The molecule has 1 aromatic rings. The molecule has 0 amide bonds. The molecule has 4 heteroatoms. The van der Waals surface area contributed by atoms with E-state index in [-0.39, 0.29) is 5.82 Å². The first-order valence-electron chi connectivity index (χ1n) is 10.8. The number of hydrogen-bond donors (Lipinski definition) is 2. The fraction of sp³-hybridized carbons (Fsp3) is 0.462. The molecule has 0 spiro atoms. The van der Waals surface area contributed by atoms with Crippen LogP contribution in [0.2, 0.25) is 0 Å². The summed E-state index contributed by atoms with van der Waals surface area (Å²) in [4.78, 5) is 0. The van der Waals surface area contributed by atoms with Gasteiger partial charge in [-0.1, -0.05) is 69.7 Å². The van der Waals surface area contributed by atoms with Gasteiger partial charge in [-0.15, -0.1) is 0 Å². The van der Waals surface area contributed by atoms with Crippen LogP contribution in [0.5, 0.6) is 0 Å². The minimum atomic E-state index is -0.293. The third-order valence-electron chi connectivity index (χ3n) is 5.32. The van der Waals surface area contributed by atoms with Crippen molar-refractivity contribution in [3.8, 4) is 0 Å². The van der Waals surface area contributed by atoms with E-state index in [4.69, 9.17) is 10.5 Å². The molecule has 1 fully saturated rings. The second kappa shape index (κ2) is 16.5. The predicted octanol–water partition coefficient (Wildman–Crippen LogP) is 6.73. The van der Waals surface area contributed by atoms with Crippen molar-refractivity contribution < 1.29 is 9.13 Å². The van der Waals surface area contributed by atoms with Crippen molar-refractivity contribution in [3.63, 3.8) is 0 Å². The van der Waals surface area contributed by atoms with Crippen LogP contribution in [0.15, 0.2) is 66.9 Å². The van der Waals surface area contributed by atoms with E-state index in [1.165, 1.54) is 44.4 Å². The van der Waals surface area contributed by atoms with Gasteiger partial charge < -0.3 is 16.2 Å².